The lowest BCUT2D eigenvalue weighted by Gasteiger charge is -2.11. The normalized spacial score (nSPS) is 10.8. The summed E-state index contributed by atoms with van der Waals surface area (Å²) in [6, 6.07) is 10.5. The SMILES string of the molecule is COc1cc(C)c(F)cc1NC(=O)c1cn(C)c2ccccc12. The Morgan fingerprint density at radius 2 is 2.00 bits per heavy atom. The monoisotopic (exact) mass is 312 g/mol. The fraction of sp³-hybridized carbons (Fsp3) is 0.167. The second kappa shape index (κ2) is 5.76. The summed E-state index contributed by atoms with van der Waals surface area (Å²) in [5.74, 6) is -0.264. The van der Waals surface area contributed by atoms with Crippen LogP contribution < -0.4 is 10.1 Å². The van der Waals surface area contributed by atoms with Gasteiger partial charge in [0.2, 0.25) is 0 Å². The molecule has 1 N–H and O–H groups in total. The van der Waals surface area contributed by atoms with Crippen LogP contribution >= 0.6 is 0 Å². The number of aryl methyl sites for hydroxylation is 2. The van der Waals surface area contributed by atoms with Gasteiger partial charge >= 0.3 is 0 Å². The van der Waals surface area contributed by atoms with E-state index in [1.54, 1.807) is 19.2 Å². The molecule has 4 nitrogen and oxygen atoms in total. The van der Waals surface area contributed by atoms with Crippen molar-refractivity contribution in [3.63, 3.8) is 0 Å². The minimum absolute atomic E-state index is 0.302. The number of carbonyl (C=O) groups is 1. The van der Waals surface area contributed by atoms with Crippen molar-refractivity contribution in [3.05, 3.63) is 59.5 Å². The van der Waals surface area contributed by atoms with Crippen LogP contribution in [0.4, 0.5) is 10.1 Å². The van der Waals surface area contributed by atoms with Gasteiger partial charge in [-0.05, 0) is 24.6 Å². The first-order valence-corrected chi connectivity index (χ1v) is 7.21. The molecule has 0 spiro atoms. The van der Waals surface area contributed by atoms with Gasteiger partial charge in [0.1, 0.15) is 11.6 Å². The molecule has 0 saturated carbocycles. The topological polar surface area (TPSA) is 43.3 Å². The molecule has 23 heavy (non-hydrogen) atoms. The zero-order valence-electron chi connectivity index (χ0n) is 13.2. The summed E-state index contributed by atoms with van der Waals surface area (Å²) in [6.45, 7) is 1.65. The van der Waals surface area contributed by atoms with Gasteiger partial charge < -0.3 is 14.6 Å². The summed E-state index contributed by atoms with van der Waals surface area (Å²) in [4.78, 5) is 12.6. The number of para-hydroxylation sites is 1. The van der Waals surface area contributed by atoms with Crippen molar-refractivity contribution in [1.82, 2.24) is 4.57 Å². The van der Waals surface area contributed by atoms with Crippen molar-refractivity contribution >= 4 is 22.5 Å². The predicted octanol–water partition coefficient (Wildman–Crippen LogP) is 3.89. The van der Waals surface area contributed by atoms with Crippen LogP contribution in [0.25, 0.3) is 10.9 Å². The van der Waals surface area contributed by atoms with Crippen LogP contribution in [0.3, 0.4) is 0 Å². The maximum atomic E-state index is 13.8. The Hall–Kier alpha value is -2.82. The highest BCUT2D eigenvalue weighted by atomic mass is 19.1. The number of hydrogen-bond acceptors (Lipinski definition) is 2. The van der Waals surface area contributed by atoms with Gasteiger partial charge in [0.15, 0.2) is 0 Å². The number of nitrogens with zero attached hydrogens (tertiary/aromatic N) is 1. The van der Waals surface area contributed by atoms with Gasteiger partial charge in [0.05, 0.1) is 18.4 Å². The number of amides is 1. The molecule has 2 aromatic carbocycles. The van der Waals surface area contributed by atoms with E-state index in [1.165, 1.54) is 13.2 Å². The minimum Gasteiger partial charge on any atom is -0.495 e. The average Bonchev–Trinajstić information content (AvgIpc) is 2.88. The second-order valence-electron chi connectivity index (χ2n) is 5.43. The van der Waals surface area contributed by atoms with E-state index in [-0.39, 0.29) is 11.7 Å². The van der Waals surface area contributed by atoms with Gasteiger partial charge in [-0.3, -0.25) is 4.79 Å². The summed E-state index contributed by atoms with van der Waals surface area (Å²) in [7, 11) is 3.37. The average molecular weight is 312 g/mol. The van der Waals surface area contributed by atoms with Crippen LogP contribution in [-0.4, -0.2) is 17.6 Å². The number of benzene rings is 2. The summed E-state index contributed by atoms with van der Waals surface area (Å²) in [5.41, 5.74) is 2.27. The molecule has 0 aliphatic heterocycles. The Balaban J connectivity index is 2.00. The number of fused-ring (bicyclic) bond motifs is 1. The van der Waals surface area contributed by atoms with E-state index in [2.05, 4.69) is 5.32 Å². The van der Waals surface area contributed by atoms with Gasteiger partial charge in [0.25, 0.3) is 5.91 Å². The molecule has 3 aromatic rings. The van der Waals surface area contributed by atoms with E-state index in [0.29, 0.717) is 22.6 Å². The van der Waals surface area contributed by atoms with Crippen LogP contribution in [0.1, 0.15) is 15.9 Å². The van der Waals surface area contributed by atoms with Gasteiger partial charge in [-0.15, -0.1) is 0 Å². The second-order valence-corrected chi connectivity index (χ2v) is 5.43. The molecule has 0 fully saturated rings. The molecule has 0 unspecified atom stereocenters. The molecular formula is C18H17FN2O2. The molecule has 0 radical (unpaired) electrons. The zero-order valence-corrected chi connectivity index (χ0v) is 13.2. The quantitative estimate of drug-likeness (QED) is 0.797. The number of anilines is 1. The number of nitrogens with one attached hydrogen (secondary N) is 1. The highest BCUT2D eigenvalue weighted by Crippen LogP contribution is 2.29. The Bertz CT molecular complexity index is 899. The number of ether oxygens (including phenoxy) is 1. The summed E-state index contributed by atoms with van der Waals surface area (Å²) < 4.78 is 20.9. The molecule has 0 aliphatic rings. The number of hydrogen-bond donors (Lipinski definition) is 1. The maximum absolute atomic E-state index is 13.8. The predicted molar refractivity (Wildman–Crippen MR) is 88.6 cm³/mol. The first-order valence-electron chi connectivity index (χ1n) is 7.21. The van der Waals surface area contributed by atoms with E-state index >= 15 is 0 Å². The lowest BCUT2D eigenvalue weighted by Crippen LogP contribution is -2.12. The Morgan fingerprint density at radius 1 is 1.26 bits per heavy atom. The van der Waals surface area contributed by atoms with E-state index in [0.717, 1.165) is 10.9 Å². The highest BCUT2D eigenvalue weighted by Gasteiger charge is 2.16. The molecule has 0 saturated heterocycles. The fourth-order valence-electron chi connectivity index (χ4n) is 2.63. The van der Waals surface area contributed by atoms with E-state index in [4.69, 9.17) is 4.74 Å². The molecule has 0 aliphatic carbocycles. The number of carbonyl (C=O) groups excluding carboxylic acids is 1. The van der Waals surface area contributed by atoms with Crippen molar-refractivity contribution in [3.8, 4) is 5.75 Å². The van der Waals surface area contributed by atoms with Crippen LogP contribution in [0, 0.1) is 12.7 Å². The third-order valence-corrected chi connectivity index (χ3v) is 3.87. The van der Waals surface area contributed by atoms with E-state index < -0.39 is 0 Å². The molecule has 1 heterocycles. The summed E-state index contributed by atoms with van der Waals surface area (Å²) >= 11 is 0. The van der Waals surface area contributed by atoms with Crippen molar-refractivity contribution in [2.24, 2.45) is 7.05 Å². The molecule has 1 amide bonds. The van der Waals surface area contributed by atoms with Crippen LogP contribution in [0.15, 0.2) is 42.6 Å². The van der Waals surface area contributed by atoms with Crippen molar-refractivity contribution in [2.75, 3.05) is 12.4 Å². The Morgan fingerprint density at radius 3 is 2.74 bits per heavy atom. The number of methoxy groups -OCH3 is 1. The van der Waals surface area contributed by atoms with E-state index in [1.807, 2.05) is 35.9 Å². The molecule has 5 heteroatoms. The fourth-order valence-corrected chi connectivity index (χ4v) is 2.63. The third-order valence-electron chi connectivity index (χ3n) is 3.87. The van der Waals surface area contributed by atoms with Crippen LogP contribution in [-0.2, 0) is 7.05 Å². The summed E-state index contributed by atoms with van der Waals surface area (Å²) in [6.07, 6.45) is 1.76. The van der Waals surface area contributed by atoms with Crippen molar-refractivity contribution in [1.29, 1.82) is 0 Å². The molecule has 1 aromatic heterocycles. The van der Waals surface area contributed by atoms with Crippen molar-refractivity contribution < 1.29 is 13.9 Å². The highest BCUT2D eigenvalue weighted by molar-refractivity contribution is 6.13. The third kappa shape index (κ3) is 2.65. The zero-order chi connectivity index (χ0) is 16.6. The lowest BCUT2D eigenvalue weighted by molar-refractivity contribution is 0.102. The van der Waals surface area contributed by atoms with Crippen LogP contribution in [0.2, 0.25) is 0 Å². The minimum atomic E-state index is -0.390. The first kappa shape index (κ1) is 15.1. The van der Waals surface area contributed by atoms with Crippen LogP contribution in [0.5, 0.6) is 5.75 Å². The van der Waals surface area contributed by atoms with E-state index in [9.17, 15) is 9.18 Å². The van der Waals surface area contributed by atoms with Gasteiger partial charge in [-0.25, -0.2) is 4.39 Å². The standard InChI is InChI=1S/C18H17FN2O2/c1-11-8-17(23-3)15(9-14(11)19)20-18(22)13-10-21(2)16-7-5-4-6-12(13)16/h4-10H,1-3H3,(H,20,22). The largest absolute Gasteiger partial charge is 0.495 e. The first-order chi connectivity index (χ1) is 11.0. The summed E-state index contributed by atoms with van der Waals surface area (Å²) in [5, 5.41) is 3.58. The number of rotatable bonds is 3. The molecule has 0 bridgehead atoms. The number of halogens is 1. The van der Waals surface area contributed by atoms with Gasteiger partial charge in [-0.2, -0.15) is 0 Å². The Kier molecular flexibility index (Phi) is 3.78. The Labute approximate surface area is 133 Å². The molecule has 3 rings (SSSR count). The van der Waals surface area contributed by atoms with Gasteiger partial charge in [-0.1, -0.05) is 18.2 Å². The van der Waals surface area contributed by atoms with Crippen molar-refractivity contribution in [2.45, 2.75) is 6.92 Å². The lowest BCUT2D eigenvalue weighted by atomic mass is 10.1. The van der Waals surface area contributed by atoms with Gasteiger partial charge in [0, 0.05) is 30.2 Å². The molecular weight excluding hydrogens is 295 g/mol. The number of aromatic nitrogens is 1. The maximum Gasteiger partial charge on any atom is 0.257 e. The molecule has 0 atom stereocenters. The smallest absolute Gasteiger partial charge is 0.257 e. The molecule has 118 valence electrons.